The van der Waals surface area contributed by atoms with Crippen LogP contribution in [0.4, 0.5) is 0 Å². The summed E-state index contributed by atoms with van der Waals surface area (Å²) in [5.41, 5.74) is 0. The number of rotatable bonds is 9. The Morgan fingerprint density at radius 2 is 2.16 bits per heavy atom. The van der Waals surface area contributed by atoms with Crippen molar-refractivity contribution < 1.29 is 9.47 Å². The van der Waals surface area contributed by atoms with Crippen LogP contribution in [0.15, 0.2) is 0 Å². The summed E-state index contributed by atoms with van der Waals surface area (Å²) in [4.78, 5) is 2.40. The predicted octanol–water partition coefficient (Wildman–Crippen LogP) is 1.50. The van der Waals surface area contributed by atoms with Gasteiger partial charge in [0, 0.05) is 31.8 Å². The van der Waals surface area contributed by atoms with E-state index in [2.05, 4.69) is 24.2 Å². The number of hydrogen-bond acceptors (Lipinski definition) is 4. The van der Waals surface area contributed by atoms with E-state index in [1.165, 1.54) is 19.3 Å². The molecule has 0 aromatic heterocycles. The Hall–Kier alpha value is -0.160. The number of nitrogens with zero attached hydrogens (tertiary/aromatic N) is 1. The van der Waals surface area contributed by atoms with Gasteiger partial charge in [0.1, 0.15) is 0 Å². The van der Waals surface area contributed by atoms with Crippen molar-refractivity contribution in [1.29, 1.82) is 0 Å². The maximum absolute atomic E-state index is 5.73. The summed E-state index contributed by atoms with van der Waals surface area (Å²) in [6.07, 6.45) is 5.06. The van der Waals surface area contributed by atoms with Gasteiger partial charge in [0.25, 0.3) is 0 Å². The highest BCUT2D eigenvalue weighted by atomic mass is 16.5. The van der Waals surface area contributed by atoms with Gasteiger partial charge in [-0.25, -0.2) is 0 Å². The molecule has 0 aromatic rings. The summed E-state index contributed by atoms with van der Waals surface area (Å²) in [6.45, 7) is 7.88. The normalized spacial score (nSPS) is 27.9. The quantitative estimate of drug-likeness (QED) is 0.644. The van der Waals surface area contributed by atoms with Gasteiger partial charge in [-0.3, -0.25) is 4.90 Å². The van der Waals surface area contributed by atoms with Gasteiger partial charge in [-0.2, -0.15) is 0 Å². The van der Waals surface area contributed by atoms with E-state index in [0.717, 1.165) is 51.9 Å². The van der Waals surface area contributed by atoms with Crippen molar-refractivity contribution in [2.24, 2.45) is 5.92 Å². The first-order chi connectivity index (χ1) is 9.31. The molecule has 1 aliphatic heterocycles. The molecule has 2 atom stereocenters. The third-order valence-corrected chi connectivity index (χ3v) is 4.19. The van der Waals surface area contributed by atoms with E-state index < -0.39 is 0 Å². The largest absolute Gasteiger partial charge is 0.380 e. The molecule has 2 rings (SSSR count). The lowest BCUT2D eigenvalue weighted by Crippen LogP contribution is -2.55. The van der Waals surface area contributed by atoms with Crippen LogP contribution in [-0.4, -0.2) is 63.5 Å². The van der Waals surface area contributed by atoms with Gasteiger partial charge in [-0.1, -0.05) is 6.92 Å². The smallest absolute Gasteiger partial charge is 0.0636 e. The minimum absolute atomic E-state index is 0.491. The Kier molecular flexibility index (Phi) is 6.57. The fourth-order valence-corrected chi connectivity index (χ4v) is 2.63. The molecule has 0 amide bonds. The second kappa shape index (κ2) is 8.20. The molecule has 1 N–H and O–H groups in total. The molecule has 2 fully saturated rings. The van der Waals surface area contributed by atoms with Crippen molar-refractivity contribution in [1.82, 2.24) is 10.2 Å². The molecule has 4 heteroatoms. The monoisotopic (exact) mass is 270 g/mol. The topological polar surface area (TPSA) is 33.7 Å². The lowest BCUT2D eigenvalue weighted by Gasteiger charge is -2.38. The summed E-state index contributed by atoms with van der Waals surface area (Å²) in [6, 6.07) is 1.06. The zero-order chi connectivity index (χ0) is 13.5. The molecule has 1 heterocycles. The van der Waals surface area contributed by atoms with Crippen molar-refractivity contribution >= 4 is 0 Å². The van der Waals surface area contributed by atoms with Gasteiger partial charge in [-0.15, -0.1) is 0 Å². The number of hydrogen-bond donors (Lipinski definition) is 1. The first-order valence-corrected chi connectivity index (χ1v) is 7.90. The molecule has 1 aliphatic carbocycles. The first-order valence-electron chi connectivity index (χ1n) is 7.90. The van der Waals surface area contributed by atoms with E-state index >= 15 is 0 Å². The highest BCUT2D eigenvalue weighted by Crippen LogP contribution is 2.28. The third kappa shape index (κ3) is 5.38. The molecule has 19 heavy (non-hydrogen) atoms. The van der Waals surface area contributed by atoms with Crippen LogP contribution < -0.4 is 5.32 Å². The average Bonchev–Trinajstić information content (AvgIpc) is 3.25. The van der Waals surface area contributed by atoms with E-state index in [4.69, 9.17) is 9.47 Å². The van der Waals surface area contributed by atoms with E-state index in [1.807, 2.05) is 0 Å². The van der Waals surface area contributed by atoms with Gasteiger partial charge in [0.2, 0.25) is 0 Å². The van der Waals surface area contributed by atoms with Crippen LogP contribution in [-0.2, 0) is 9.47 Å². The summed E-state index contributed by atoms with van der Waals surface area (Å²) in [5.74, 6) is 0.863. The lowest BCUT2D eigenvalue weighted by atomic mass is 10.0. The summed E-state index contributed by atoms with van der Waals surface area (Å²) in [7, 11) is 2.19. The van der Waals surface area contributed by atoms with Crippen LogP contribution in [0.1, 0.15) is 32.6 Å². The fraction of sp³-hybridized carbons (Fsp3) is 1.00. The molecule has 0 aromatic carbocycles. The Labute approximate surface area is 117 Å². The minimum Gasteiger partial charge on any atom is -0.380 e. The maximum Gasteiger partial charge on any atom is 0.0636 e. The highest BCUT2D eigenvalue weighted by molar-refractivity contribution is 4.86. The fourth-order valence-electron chi connectivity index (χ4n) is 2.63. The molecule has 4 nitrogen and oxygen atoms in total. The van der Waals surface area contributed by atoms with Gasteiger partial charge in [0.05, 0.1) is 13.2 Å². The number of likely N-dealkylation sites (N-methyl/N-ethyl adjacent to an activating group) is 1. The van der Waals surface area contributed by atoms with Crippen molar-refractivity contribution in [3.63, 3.8) is 0 Å². The number of ether oxygens (including phenoxy) is 2. The Morgan fingerprint density at radius 1 is 1.32 bits per heavy atom. The highest BCUT2D eigenvalue weighted by Gasteiger charge is 2.28. The first kappa shape index (κ1) is 15.2. The van der Waals surface area contributed by atoms with Crippen LogP contribution in [0.3, 0.4) is 0 Å². The molecule has 2 aliphatic rings. The molecular formula is C15H30N2O2. The van der Waals surface area contributed by atoms with E-state index in [9.17, 15) is 0 Å². The second-order valence-corrected chi connectivity index (χ2v) is 5.99. The predicted molar refractivity (Wildman–Crippen MR) is 77.5 cm³/mol. The molecule has 0 radical (unpaired) electrons. The van der Waals surface area contributed by atoms with Crippen LogP contribution >= 0.6 is 0 Å². The van der Waals surface area contributed by atoms with Crippen molar-refractivity contribution in [2.75, 3.05) is 46.6 Å². The molecule has 112 valence electrons. The average molecular weight is 270 g/mol. The molecule has 1 saturated carbocycles. The van der Waals surface area contributed by atoms with Crippen LogP contribution in [0.2, 0.25) is 0 Å². The molecule has 0 spiro atoms. The second-order valence-electron chi connectivity index (χ2n) is 5.99. The van der Waals surface area contributed by atoms with Crippen molar-refractivity contribution in [2.45, 2.75) is 44.7 Å². The summed E-state index contributed by atoms with van der Waals surface area (Å²) in [5, 5.41) is 3.66. The third-order valence-electron chi connectivity index (χ3n) is 4.19. The Bertz CT molecular complexity index is 246. The summed E-state index contributed by atoms with van der Waals surface area (Å²) < 4.78 is 11.4. The molecule has 0 bridgehead atoms. The molecule has 1 saturated heterocycles. The zero-order valence-corrected chi connectivity index (χ0v) is 12.6. The van der Waals surface area contributed by atoms with E-state index in [0.29, 0.717) is 12.1 Å². The maximum atomic E-state index is 5.73. The lowest BCUT2D eigenvalue weighted by molar-refractivity contribution is -0.00416. The zero-order valence-electron chi connectivity index (χ0n) is 12.6. The summed E-state index contributed by atoms with van der Waals surface area (Å²) >= 11 is 0. The standard InChI is InChI=1S/C15H30N2O2/c1-3-7-16-14-6-9-18-12-15(14)17(2)8-10-19-11-13-4-5-13/h13-16H,3-12H2,1-2H3. The number of nitrogens with one attached hydrogen (secondary N) is 1. The van der Waals surface area contributed by atoms with Crippen molar-refractivity contribution in [3.8, 4) is 0 Å². The SMILES string of the molecule is CCCNC1CCOCC1N(C)CCOCC1CC1. The Morgan fingerprint density at radius 3 is 2.89 bits per heavy atom. The molecule has 2 unspecified atom stereocenters. The van der Waals surface area contributed by atoms with Crippen LogP contribution in [0.5, 0.6) is 0 Å². The van der Waals surface area contributed by atoms with Gasteiger partial charge in [0.15, 0.2) is 0 Å². The van der Waals surface area contributed by atoms with E-state index in [-0.39, 0.29) is 0 Å². The molecular weight excluding hydrogens is 240 g/mol. The minimum atomic E-state index is 0.491. The van der Waals surface area contributed by atoms with Crippen molar-refractivity contribution in [3.05, 3.63) is 0 Å². The Balaban J connectivity index is 1.65. The van der Waals surface area contributed by atoms with Gasteiger partial charge >= 0.3 is 0 Å². The van der Waals surface area contributed by atoms with E-state index in [1.54, 1.807) is 0 Å². The van der Waals surface area contributed by atoms with Crippen LogP contribution in [0, 0.1) is 5.92 Å². The van der Waals surface area contributed by atoms with Gasteiger partial charge < -0.3 is 14.8 Å². The van der Waals surface area contributed by atoms with Crippen LogP contribution in [0.25, 0.3) is 0 Å². The van der Waals surface area contributed by atoms with Gasteiger partial charge in [-0.05, 0) is 45.2 Å².